The maximum absolute atomic E-state index is 9.32. The molecule has 4 N–H and O–H groups in total. The molecule has 0 spiro atoms. The van der Waals surface area contributed by atoms with Crippen LogP contribution < -0.4 is 10.6 Å². The van der Waals surface area contributed by atoms with Gasteiger partial charge in [0, 0.05) is 12.2 Å². The van der Waals surface area contributed by atoms with Gasteiger partial charge in [0.15, 0.2) is 0 Å². The summed E-state index contributed by atoms with van der Waals surface area (Å²) in [7, 11) is 0. The Morgan fingerprint density at radius 3 is 2.83 bits per heavy atom. The van der Waals surface area contributed by atoms with E-state index in [0.29, 0.717) is 12.5 Å². The summed E-state index contributed by atoms with van der Waals surface area (Å²) in [4.78, 5) is 0. The van der Waals surface area contributed by atoms with Gasteiger partial charge in [0.25, 0.3) is 0 Å². The third kappa shape index (κ3) is 3.70. The molecule has 1 aromatic rings. The van der Waals surface area contributed by atoms with Crippen LogP contribution >= 0.6 is 0 Å². The van der Waals surface area contributed by atoms with Crippen LogP contribution in [0.2, 0.25) is 0 Å². The summed E-state index contributed by atoms with van der Waals surface area (Å²) in [6.07, 6.45) is 1.67. The number of nitrogens with one attached hydrogen (secondary N) is 2. The lowest BCUT2D eigenvalue weighted by Gasteiger charge is -2.23. The topological polar surface area (TPSA) is 64.5 Å². The number of benzene rings is 1. The summed E-state index contributed by atoms with van der Waals surface area (Å²) in [5, 5.41) is 24.6. The van der Waals surface area contributed by atoms with Gasteiger partial charge in [-0.3, -0.25) is 0 Å². The molecule has 0 aromatic heterocycles. The molecule has 1 atom stereocenters. The van der Waals surface area contributed by atoms with Crippen LogP contribution in [0, 0.1) is 0 Å². The third-order valence-corrected chi connectivity index (χ3v) is 3.45. The van der Waals surface area contributed by atoms with Gasteiger partial charge >= 0.3 is 0 Å². The highest BCUT2D eigenvalue weighted by molar-refractivity contribution is 5.46. The van der Waals surface area contributed by atoms with E-state index in [1.807, 2.05) is 12.1 Å². The molecule has 0 aliphatic carbocycles. The van der Waals surface area contributed by atoms with Crippen molar-refractivity contribution in [2.75, 3.05) is 31.6 Å². The number of hydrogen-bond acceptors (Lipinski definition) is 4. The van der Waals surface area contributed by atoms with Crippen molar-refractivity contribution < 1.29 is 10.2 Å². The Morgan fingerprint density at radius 1 is 1.33 bits per heavy atom. The lowest BCUT2D eigenvalue weighted by Crippen LogP contribution is -2.26. The van der Waals surface area contributed by atoms with Gasteiger partial charge in [-0.25, -0.2) is 0 Å². The van der Waals surface area contributed by atoms with Gasteiger partial charge in [0.2, 0.25) is 0 Å². The van der Waals surface area contributed by atoms with Gasteiger partial charge in [-0.05, 0) is 49.5 Å². The molecule has 1 aliphatic rings. The van der Waals surface area contributed by atoms with Crippen LogP contribution in [0.15, 0.2) is 24.3 Å². The van der Waals surface area contributed by atoms with Crippen molar-refractivity contribution in [2.24, 2.45) is 0 Å². The minimum Gasteiger partial charge on any atom is -0.394 e. The van der Waals surface area contributed by atoms with Gasteiger partial charge < -0.3 is 20.8 Å². The van der Waals surface area contributed by atoms with Crippen molar-refractivity contribution in [1.29, 1.82) is 0 Å². The maximum Gasteiger partial charge on any atom is 0.0942 e. The standard InChI is InChI=1S/C14H22N2O2/c17-10-14(18)9-16-13-3-1-2-12(8-13)11-4-6-15-7-5-11/h1-3,8,11,14-18H,4-7,9-10H2. The minimum atomic E-state index is -0.701. The van der Waals surface area contributed by atoms with Crippen LogP contribution in [-0.4, -0.2) is 42.6 Å². The normalized spacial score (nSPS) is 18.6. The Kier molecular flexibility index (Phi) is 4.99. The molecule has 2 rings (SSSR count). The van der Waals surface area contributed by atoms with Gasteiger partial charge in [-0.1, -0.05) is 12.1 Å². The molecule has 1 saturated heterocycles. The van der Waals surface area contributed by atoms with Crippen LogP contribution in [0.25, 0.3) is 0 Å². The second kappa shape index (κ2) is 6.73. The Morgan fingerprint density at radius 2 is 2.11 bits per heavy atom. The fraction of sp³-hybridized carbons (Fsp3) is 0.571. The van der Waals surface area contributed by atoms with E-state index in [1.165, 1.54) is 18.4 Å². The SMILES string of the molecule is OCC(O)CNc1cccc(C2CCNCC2)c1. The molecule has 4 nitrogen and oxygen atoms in total. The number of rotatable bonds is 5. The van der Waals surface area contributed by atoms with E-state index in [-0.39, 0.29) is 6.61 Å². The van der Waals surface area contributed by atoms with Crippen molar-refractivity contribution in [3.63, 3.8) is 0 Å². The monoisotopic (exact) mass is 250 g/mol. The van der Waals surface area contributed by atoms with Gasteiger partial charge in [-0.2, -0.15) is 0 Å². The highest BCUT2D eigenvalue weighted by atomic mass is 16.3. The number of anilines is 1. The van der Waals surface area contributed by atoms with Crippen LogP contribution in [0.4, 0.5) is 5.69 Å². The Balaban J connectivity index is 1.96. The van der Waals surface area contributed by atoms with E-state index in [4.69, 9.17) is 5.11 Å². The molecular formula is C14H22N2O2. The predicted octanol–water partition coefficient (Wildman–Crippen LogP) is 0.919. The number of aliphatic hydroxyl groups is 2. The Bertz CT molecular complexity index is 365. The fourth-order valence-corrected chi connectivity index (χ4v) is 2.36. The zero-order valence-electron chi connectivity index (χ0n) is 10.6. The van der Waals surface area contributed by atoms with E-state index in [1.54, 1.807) is 0 Å². The lowest BCUT2D eigenvalue weighted by molar-refractivity contribution is 0.105. The molecule has 0 bridgehead atoms. The Labute approximate surface area is 108 Å². The van der Waals surface area contributed by atoms with Crippen molar-refractivity contribution in [3.05, 3.63) is 29.8 Å². The molecule has 0 amide bonds. The number of piperidine rings is 1. The van der Waals surface area contributed by atoms with Gasteiger partial charge in [-0.15, -0.1) is 0 Å². The largest absolute Gasteiger partial charge is 0.394 e. The summed E-state index contributed by atoms with van der Waals surface area (Å²) >= 11 is 0. The maximum atomic E-state index is 9.32. The third-order valence-electron chi connectivity index (χ3n) is 3.45. The first-order chi connectivity index (χ1) is 8.79. The van der Waals surface area contributed by atoms with Crippen molar-refractivity contribution in [1.82, 2.24) is 5.32 Å². The van der Waals surface area contributed by atoms with Gasteiger partial charge in [0.05, 0.1) is 12.7 Å². The summed E-state index contributed by atoms with van der Waals surface area (Å²) in [5.74, 6) is 0.635. The van der Waals surface area contributed by atoms with E-state index in [0.717, 1.165) is 18.8 Å². The molecule has 1 unspecified atom stereocenters. The van der Waals surface area contributed by atoms with E-state index >= 15 is 0 Å². The molecule has 0 radical (unpaired) electrons. The first-order valence-corrected chi connectivity index (χ1v) is 6.63. The van der Waals surface area contributed by atoms with E-state index < -0.39 is 6.10 Å². The summed E-state index contributed by atoms with van der Waals surface area (Å²) in [5.41, 5.74) is 2.37. The molecule has 100 valence electrons. The predicted molar refractivity (Wildman–Crippen MR) is 72.9 cm³/mol. The number of hydrogen-bond donors (Lipinski definition) is 4. The highest BCUT2D eigenvalue weighted by Crippen LogP contribution is 2.26. The second-order valence-electron chi connectivity index (χ2n) is 4.87. The van der Waals surface area contributed by atoms with Crippen LogP contribution in [-0.2, 0) is 0 Å². The second-order valence-corrected chi connectivity index (χ2v) is 4.87. The smallest absolute Gasteiger partial charge is 0.0942 e. The summed E-state index contributed by atoms with van der Waals surface area (Å²) < 4.78 is 0. The molecule has 1 fully saturated rings. The number of aliphatic hydroxyl groups excluding tert-OH is 2. The summed E-state index contributed by atoms with van der Waals surface area (Å²) in [6.45, 7) is 2.35. The zero-order chi connectivity index (χ0) is 12.8. The van der Waals surface area contributed by atoms with Crippen molar-refractivity contribution >= 4 is 5.69 Å². The van der Waals surface area contributed by atoms with Crippen LogP contribution in [0.5, 0.6) is 0 Å². The van der Waals surface area contributed by atoms with Crippen molar-refractivity contribution in [2.45, 2.75) is 24.9 Å². The molecule has 1 aromatic carbocycles. The lowest BCUT2D eigenvalue weighted by atomic mass is 9.90. The average Bonchev–Trinajstić information content (AvgIpc) is 2.46. The molecular weight excluding hydrogens is 228 g/mol. The Hall–Kier alpha value is -1.10. The van der Waals surface area contributed by atoms with E-state index in [2.05, 4.69) is 22.8 Å². The minimum absolute atomic E-state index is 0.207. The molecule has 0 saturated carbocycles. The first-order valence-electron chi connectivity index (χ1n) is 6.63. The van der Waals surface area contributed by atoms with E-state index in [9.17, 15) is 5.11 Å². The average molecular weight is 250 g/mol. The van der Waals surface area contributed by atoms with Crippen LogP contribution in [0.3, 0.4) is 0 Å². The summed E-state index contributed by atoms with van der Waals surface area (Å²) in [6, 6.07) is 8.36. The first kappa shape index (κ1) is 13.3. The molecule has 4 heteroatoms. The fourth-order valence-electron chi connectivity index (χ4n) is 2.36. The molecule has 18 heavy (non-hydrogen) atoms. The highest BCUT2D eigenvalue weighted by Gasteiger charge is 2.15. The van der Waals surface area contributed by atoms with Crippen LogP contribution in [0.1, 0.15) is 24.3 Å². The molecule has 1 heterocycles. The van der Waals surface area contributed by atoms with Gasteiger partial charge in [0.1, 0.15) is 0 Å². The van der Waals surface area contributed by atoms with Crippen molar-refractivity contribution in [3.8, 4) is 0 Å². The zero-order valence-corrected chi connectivity index (χ0v) is 10.6. The molecule has 1 aliphatic heterocycles. The quantitative estimate of drug-likeness (QED) is 0.627.